The van der Waals surface area contributed by atoms with Crippen molar-refractivity contribution in [2.45, 2.75) is 31.2 Å². The topological polar surface area (TPSA) is 42.0 Å². The molecular formula is C36H36N2O3. The Hall–Kier alpha value is -4.09. The number of piperidine rings is 1. The fourth-order valence-corrected chi connectivity index (χ4v) is 7.33. The van der Waals surface area contributed by atoms with Crippen molar-refractivity contribution in [3.8, 4) is 17.2 Å². The van der Waals surface area contributed by atoms with E-state index in [1.807, 2.05) is 60.7 Å². The van der Waals surface area contributed by atoms with Crippen LogP contribution < -0.4 is 14.4 Å². The molecule has 2 heterocycles. The summed E-state index contributed by atoms with van der Waals surface area (Å²) in [7, 11) is 1.68. The van der Waals surface area contributed by atoms with Crippen molar-refractivity contribution in [1.82, 2.24) is 4.90 Å². The summed E-state index contributed by atoms with van der Waals surface area (Å²) in [5.74, 6) is 2.88. The van der Waals surface area contributed by atoms with Crippen LogP contribution in [0.4, 0.5) is 5.69 Å². The highest BCUT2D eigenvalue weighted by Crippen LogP contribution is 2.48. The summed E-state index contributed by atoms with van der Waals surface area (Å²) in [6.45, 7) is 3.10. The van der Waals surface area contributed by atoms with E-state index in [0.717, 1.165) is 73.0 Å². The minimum absolute atomic E-state index is 0.123. The summed E-state index contributed by atoms with van der Waals surface area (Å²) in [6.07, 6.45) is 3.36. The lowest BCUT2D eigenvalue weighted by Crippen LogP contribution is -2.56. The number of benzene rings is 4. The van der Waals surface area contributed by atoms with Gasteiger partial charge in [-0.05, 0) is 73.1 Å². The zero-order valence-corrected chi connectivity index (χ0v) is 23.5. The van der Waals surface area contributed by atoms with E-state index >= 15 is 4.79 Å². The maximum absolute atomic E-state index is 15.0. The summed E-state index contributed by atoms with van der Waals surface area (Å²) in [5.41, 5.74) is 4.19. The minimum atomic E-state index is -0.422. The highest BCUT2D eigenvalue weighted by molar-refractivity contribution is 6.02. The molecule has 0 radical (unpaired) electrons. The van der Waals surface area contributed by atoms with Gasteiger partial charge in [0, 0.05) is 42.5 Å². The highest BCUT2D eigenvalue weighted by atomic mass is 16.5. The number of hydrogen-bond acceptors (Lipinski definition) is 4. The van der Waals surface area contributed by atoms with Gasteiger partial charge in [0.25, 0.3) is 0 Å². The molecule has 0 spiro atoms. The molecule has 4 aromatic carbocycles. The highest BCUT2D eigenvalue weighted by Gasteiger charge is 2.48. The average Bonchev–Trinajstić information content (AvgIpc) is 3.27. The van der Waals surface area contributed by atoms with E-state index in [4.69, 9.17) is 9.47 Å². The van der Waals surface area contributed by atoms with Crippen LogP contribution in [0.3, 0.4) is 0 Å². The lowest BCUT2D eigenvalue weighted by Gasteiger charge is -2.45. The number of fused-ring (bicyclic) bond motifs is 4. The third kappa shape index (κ3) is 4.89. The molecule has 5 nitrogen and oxygen atoms in total. The zero-order valence-electron chi connectivity index (χ0n) is 23.5. The Morgan fingerprint density at radius 3 is 2.00 bits per heavy atom. The van der Waals surface area contributed by atoms with E-state index in [9.17, 15) is 0 Å². The monoisotopic (exact) mass is 544 g/mol. The van der Waals surface area contributed by atoms with Crippen LogP contribution >= 0.6 is 0 Å². The fourth-order valence-electron chi connectivity index (χ4n) is 7.33. The second-order valence-electron chi connectivity index (χ2n) is 11.6. The quantitative estimate of drug-likeness (QED) is 0.253. The molecule has 208 valence electrons. The van der Waals surface area contributed by atoms with Crippen molar-refractivity contribution in [1.29, 1.82) is 0 Å². The first-order valence-electron chi connectivity index (χ1n) is 14.8. The number of carbonyl (C=O) groups is 1. The molecule has 5 heteroatoms. The lowest BCUT2D eigenvalue weighted by atomic mass is 9.84. The van der Waals surface area contributed by atoms with Gasteiger partial charge in [-0.25, -0.2) is 0 Å². The van der Waals surface area contributed by atoms with Crippen molar-refractivity contribution in [2.24, 2.45) is 11.8 Å². The van der Waals surface area contributed by atoms with Crippen molar-refractivity contribution >= 4 is 11.6 Å². The summed E-state index contributed by atoms with van der Waals surface area (Å²) in [4.78, 5) is 19.8. The van der Waals surface area contributed by atoms with Crippen molar-refractivity contribution < 1.29 is 14.3 Å². The number of nitrogens with zero attached hydrogens (tertiary/aromatic N) is 2. The second kappa shape index (κ2) is 11.1. The van der Waals surface area contributed by atoms with Crippen molar-refractivity contribution in [3.05, 3.63) is 120 Å². The molecule has 1 unspecified atom stereocenters. The smallest absolute Gasteiger partial charge is 0.239 e. The SMILES string of the molecule is COc1ccc(N(C(=O)C2c3ccccc3Oc3ccccc32)C2[C@@H]3CC[C@H]2CN(CCc2ccccc2)C3)cc1. The van der Waals surface area contributed by atoms with Crippen LogP contribution in [0.25, 0.3) is 0 Å². The number of carbonyl (C=O) groups excluding carboxylic acids is 1. The van der Waals surface area contributed by atoms with Gasteiger partial charge in [0.2, 0.25) is 5.91 Å². The number of para-hydroxylation sites is 2. The molecule has 7 rings (SSSR count). The average molecular weight is 545 g/mol. The first-order valence-corrected chi connectivity index (χ1v) is 14.8. The van der Waals surface area contributed by atoms with E-state index in [2.05, 4.69) is 52.3 Å². The molecule has 1 saturated carbocycles. The summed E-state index contributed by atoms with van der Waals surface area (Å²) in [5, 5.41) is 0. The maximum Gasteiger partial charge on any atom is 0.239 e. The third-order valence-corrected chi connectivity index (χ3v) is 9.23. The number of hydrogen-bond donors (Lipinski definition) is 0. The van der Waals surface area contributed by atoms with Gasteiger partial charge in [-0.1, -0.05) is 66.7 Å². The van der Waals surface area contributed by atoms with Gasteiger partial charge in [-0.2, -0.15) is 0 Å². The van der Waals surface area contributed by atoms with Gasteiger partial charge in [0.1, 0.15) is 17.2 Å². The maximum atomic E-state index is 15.0. The first-order chi connectivity index (χ1) is 20.2. The number of methoxy groups -OCH3 is 1. The molecule has 3 aliphatic rings. The number of anilines is 1. The van der Waals surface area contributed by atoms with E-state index in [0.29, 0.717) is 11.8 Å². The van der Waals surface area contributed by atoms with Crippen LogP contribution in [-0.2, 0) is 11.2 Å². The number of rotatable bonds is 7. The fraction of sp³-hybridized carbons (Fsp3) is 0.306. The van der Waals surface area contributed by atoms with E-state index in [1.54, 1.807) is 7.11 Å². The minimum Gasteiger partial charge on any atom is -0.497 e. The van der Waals surface area contributed by atoms with E-state index in [1.165, 1.54) is 5.56 Å². The Balaban J connectivity index is 1.23. The predicted molar refractivity (Wildman–Crippen MR) is 162 cm³/mol. The third-order valence-electron chi connectivity index (χ3n) is 9.23. The molecule has 2 bridgehead atoms. The van der Waals surface area contributed by atoms with Gasteiger partial charge in [-0.15, -0.1) is 0 Å². The van der Waals surface area contributed by atoms with Crippen LogP contribution in [0.1, 0.15) is 35.4 Å². The van der Waals surface area contributed by atoms with Gasteiger partial charge >= 0.3 is 0 Å². The first kappa shape index (κ1) is 25.8. The van der Waals surface area contributed by atoms with Crippen LogP contribution in [0.2, 0.25) is 0 Å². The van der Waals surface area contributed by atoms with Crippen molar-refractivity contribution in [2.75, 3.05) is 31.6 Å². The Morgan fingerprint density at radius 1 is 0.805 bits per heavy atom. The molecule has 1 saturated heterocycles. The number of likely N-dealkylation sites (tertiary alicyclic amines) is 1. The molecule has 0 N–H and O–H groups in total. The van der Waals surface area contributed by atoms with Crippen LogP contribution in [0.15, 0.2) is 103 Å². The Morgan fingerprint density at radius 2 is 1.39 bits per heavy atom. The van der Waals surface area contributed by atoms with Gasteiger partial charge in [-0.3, -0.25) is 4.79 Å². The summed E-state index contributed by atoms with van der Waals surface area (Å²) >= 11 is 0. The number of ether oxygens (including phenoxy) is 2. The van der Waals surface area contributed by atoms with Crippen LogP contribution in [0, 0.1) is 11.8 Å². The van der Waals surface area contributed by atoms with Gasteiger partial charge in [0.05, 0.1) is 13.0 Å². The van der Waals surface area contributed by atoms with Gasteiger partial charge in [0.15, 0.2) is 0 Å². The zero-order chi connectivity index (χ0) is 27.8. The van der Waals surface area contributed by atoms with E-state index in [-0.39, 0.29) is 11.9 Å². The summed E-state index contributed by atoms with van der Waals surface area (Å²) < 4.78 is 11.7. The van der Waals surface area contributed by atoms with E-state index < -0.39 is 5.92 Å². The summed E-state index contributed by atoms with van der Waals surface area (Å²) in [6, 6.07) is 34.9. The second-order valence-corrected chi connectivity index (χ2v) is 11.6. The largest absolute Gasteiger partial charge is 0.497 e. The standard InChI is InChI=1S/C36H36N2O3/c1-40-29-19-17-28(18-20-29)38(35-26-15-16-27(35)24-37(23-26)22-21-25-9-3-2-4-10-25)36(39)34-30-11-5-7-13-32(30)41-33-14-8-6-12-31(33)34/h2-14,17-20,26-27,34-35H,15-16,21-24H2,1H3/t26-,27+,35?. The molecular weight excluding hydrogens is 508 g/mol. The Bertz CT molecular complexity index is 1460. The lowest BCUT2D eigenvalue weighted by molar-refractivity contribution is -0.120. The molecule has 4 aromatic rings. The molecule has 0 aromatic heterocycles. The Labute approximate surface area is 242 Å². The number of amides is 1. The molecule has 1 amide bonds. The normalized spacial score (nSPS) is 21.4. The Kier molecular flexibility index (Phi) is 6.97. The van der Waals surface area contributed by atoms with Gasteiger partial charge < -0.3 is 19.3 Å². The molecule has 3 atom stereocenters. The molecule has 1 aliphatic carbocycles. The van der Waals surface area contributed by atoms with Crippen molar-refractivity contribution in [3.63, 3.8) is 0 Å². The molecule has 2 aliphatic heterocycles. The van der Waals surface area contributed by atoms with Crippen LogP contribution in [-0.4, -0.2) is 43.6 Å². The molecule has 41 heavy (non-hydrogen) atoms. The predicted octanol–water partition coefficient (Wildman–Crippen LogP) is 6.92. The van der Waals surface area contributed by atoms with Crippen LogP contribution in [0.5, 0.6) is 17.2 Å². The molecule has 2 fully saturated rings.